The molecule has 1 amide bonds. The normalized spacial score (nSPS) is 30.2. The highest BCUT2D eigenvalue weighted by Gasteiger charge is 2.57. The molecule has 1 aliphatic carbocycles. The van der Waals surface area contributed by atoms with Crippen LogP contribution in [-0.2, 0) is 18.8 Å². The van der Waals surface area contributed by atoms with Gasteiger partial charge in [0.15, 0.2) is 0 Å². The van der Waals surface area contributed by atoms with Crippen LogP contribution in [-0.4, -0.2) is 71.3 Å². The van der Waals surface area contributed by atoms with E-state index in [-0.39, 0.29) is 36.7 Å². The topological polar surface area (TPSA) is 101 Å². The van der Waals surface area contributed by atoms with E-state index in [0.717, 1.165) is 33.3 Å². The first-order valence-corrected chi connectivity index (χ1v) is 14.3. The lowest BCUT2D eigenvalue weighted by Crippen LogP contribution is -2.41. The fourth-order valence-electron chi connectivity index (χ4n) is 6.74. The number of aromatic nitrogens is 2. The summed E-state index contributed by atoms with van der Waals surface area (Å²) in [6, 6.07) is 13.6. The minimum Gasteiger partial charge on any atom is -0.453 e. The molecule has 4 fully saturated rings. The van der Waals surface area contributed by atoms with Crippen molar-refractivity contribution in [2.75, 3.05) is 13.7 Å². The van der Waals surface area contributed by atoms with E-state index in [4.69, 9.17) is 23.8 Å². The monoisotopic (exact) mass is 544 g/mol. The zero-order valence-electron chi connectivity index (χ0n) is 23.8. The van der Waals surface area contributed by atoms with Crippen LogP contribution in [0.25, 0.3) is 22.0 Å². The van der Waals surface area contributed by atoms with E-state index in [1.54, 1.807) is 0 Å². The molecular weight excluding hydrogens is 507 g/mol. The van der Waals surface area contributed by atoms with Gasteiger partial charge in [-0.3, -0.25) is 4.90 Å². The molecule has 5 atom stereocenters. The Hall–Kier alpha value is -2.92. The Balaban J connectivity index is 1.09. The summed E-state index contributed by atoms with van der Waals surface area (Å²) in [6.45, 7) is 8.76. The quantitative estimate of drug-likeness (QED) is 0.356. The summed E-state index contributed by atoms with van der Waals surface area (Å²) in [5.41, 5.74) is 2.41. The van der Waals surface area contributed by atoms with Crippen molar-refractivity contribution < 1.29 is 23.6 Å². The first-order chi connectivity index (χ1) is 19.1. The number of H-pyrrole nitrogens is 1. The Kier molecular flexibility index (Phi) is 6.05. The van der Waals surface area contributed by atoms with Gasteiger partial charge in [0.05, 0.1) is 42.8 Å². The summed E-state index contributed by atoms with van der Waals surface area (Å²) < 4.78 is 23.2. The predicted octanol–water partition coefficient (Wildman–Crippen LogP) is 4.14. The SMILES string of the molecule is COC(=O)NCC1OC1N1[C@@H]2CC[C@@H](C2)[C@H]1c1ncc(-c2ccc3cc(B4OC(C)(C)C(C)(C)O4)ccc3c2)[nH]1. The van der Waals surface area contributed by atoms with E-state index >= 15 is 0 Å². The fourth-order valence-corrected chi connectivity index (χ4v) is 6.74. The molecule has 2 bridgehead atoms. The average molecular weight is 544 g/mol. The Morgan fingerprint density at radius 1 is 1.12 bits per heavy atom. The third-order valence-electron chi connectivity index (χ3n) is 9.69. The van der Waals surface area contributed by atoms with Crippen LogP contribution >= 0.6 is 0 Å². The lowest BCUT2D eigenvalue weighted by molar-refractivity contribution is 0.00578. The number of carbonyl (C=O) groups excluding carboxylic acids is 1. The molecule has 3 aliphatic heterocycles. The van der Waals surface area contributed by atoms with E-state index in [9.17, 15) is 4.79 Å². The summed E-state index contributed by atoms with van der Waals surface area (Å²) >= 11 is 0. The smallest absolute Gasteiger partial charge is 0.453 e. The molecule has 3 aromatic rings. The minimum absolute atomic E-state index is 0.00449. The number of carbonyl (C=O) groups is 1. The number of alkyl carbamates (subject to hydrolysis) is 1. The van der Waals surface area contributed by atoms with Gasteiger partial charge in [0.2, 0.25) is 0 Å². The molecule has 4 heterocycles. The third kappa shape index (κ3) is 4.32. The van der Waals surface area contributed by atoms with Crippen LogP contribution in [0, 0.1) is 5.92 Å². The van der Waals surface area contributed by atoms with Gasteiger partial charge in [0.25, 0.3) is 0 Å². The molecule has 9 nitrogen and oxygen atoms in total. The molecule has 1 aromatic heterocycles. The Morgan fingerprint density at radius 2 is 1.88 bits per heavy atom. The van der Waals surface area contributed by atoms with Crippen molar-refractivity contribution in [2.24, 2.45) is 5.92 Å². The number of likely N-dealkylation sites (tertiary alicyclic amines) is 1. The number of nitrogens with one attached hydrogen (secondary N) is 2. The number of imidazole rings is 1. The van der Waals surface area contributed by atoms with Crippen LogP contribution in [0.1, 0.15) is 58.8 Å². The maximum absolute atomic E-state index is 11.5. The third-order valence-corrected chi connectivity index (χ3v) is 9.69. The van der Waals surface area contributed by atoms with Crippen molar-refractivity contribution >= 4 is 29.4 Å². The van der Waals surface area contributed by atoms with Gasteiger partial charge in [0.1, 0.15) is 18.2 Å². The zero-order valence-corrected chi connectivity index (χ0v) is 23.8. The fraction of sp³-hybridized carbons (Fsp3) is 0.533. The van der Waals surface area contributed by atoms with E-state index in [1.807, 2.05) is 6.20 Å². The maximum Gasteiger partial charge on any atom is 0.494 e. The molecule has 0 spiro atoms. The maximum atomic E-state index is 11.5. The minimum atomic E-state index is -0.427. The van der Waals surface area contributed by atoms with Crippen molar-refractivity contribution in [3.8, 4) is 11.3 Å². The molecule has 2 N–H and O–H groups in total. The molecule has 3 saturated heterocycles. The Bertz CT molecular complexity index is 1440. The molecular formula is C30H37BN4O5. The number of fused-ring (bicyclic) bond motifs is 3. The van der Waals surface area contributed by atoms with E-state index in [2.05, 4.69) is 79.3 Å². The molecule has 210 valence electrons. The molecule has 2 aromatic carbocycles. The van der Waals surface area contributed by atoms with Gasteiger partial charge in [-0.1, -0.05) is 30.3 Å². The van der Waals surface area contributed by atoms with Crippen LogP contribution in [0.2, 0.25) is 0 Å². The van der Waals surface area contributed by atoms with Crippen molar-refractivity contribution in [3.63, 3.8) is 0 Å². The highest BCUT2D eigenvalue weighted by atomic mass is 16.7. The van der Waals surface area contributed by atoms with Gasteiger partial charge < -0.3 is 29.1 Å². The number of aromatic amines is 1. The van der Waals surface area contributed by atoms with E-state index in [0.29, 0.717) is 18.5 Å². The molecule has 7 rings (SSSR count). The lowest BCUT2D eigenvalue weighted by Gasteiger charge is -2.33. The van der Waals surface area contributed by atoms with E-state index in [1.165, 1.54) is 26.4 Å². The highest BCUT2D eigenvalue weighted by molar-refractivity contribution is 6.62. The van der Waals surface area contributed by atoms with Crippen molar-refractivity contribution in [3.05, 3.63) is 48.4 Å². The molecule has 40 heavy (non-hydrogen) atoms. The van der Waals surface area contributed by atoms with Crippen molar-refractivity contribution in [2.45, 2.75) is 82.6 Å². The number of rotatable bonds is 6. The summed E-state index contributed by atoms with van der Waals surface area (Å²) in [5, 5.41) is 5.06. The highest BCUT2D eigenvalue weighted by Crippen LogP contribution is 2.53. The molecule has 4 aliphatic rings. The van der Waals surface area contributed by atoms with Gasteiger partial charge in [-0.25, -0.2) is 9.78 Å². The number of ether oxygens (including phenoxy) is 2. The Labute approximate surface area is 235 Å². The second-order valence-electron chi connectivity index (χ2n) is 12.6. The summed E-state index contributed by atoms with van der Waals surface area (Å²) in [4.78, 5) is 22.5. The van der Waals surface area contributed by atoms with Gasteiger partial charge in [-0.15, -0.1) is 0 Å². The first kappa shape index (κ1) is 26.0. The van der Waals surface area contributed by atoms with Gasteiger partial charge in [-0.2, -0.15) is 0 Å². The van der Waals surface area contributed by atoms with Gasteiger partial charge >= 0.3 is 13.2 Å². The van der Waals surface area contributed by atoms with Gasteiger partial charge in [-0.05, 0) is 75.2 Å². The molecule has 0 radical (unpaired) electrons. The standard InChI is InChI=1S/C30H37BN4O5/c1-29(2)30(3,4)40-31(39-29)21-10-8-17-12-19(7-6-18(17)13-21)23-15-32-26(34-23)25-20-9-11-22(14-20)35(25)27-24(38-27)16-33-28(36)37-5/h6-8,10,12-13,15,20,22,24-25,27H,9,11,14,16H2,1-5H3,(H,32,34)(H,33,36)/t20-,22+,24?,25-,27?/m0/s1. The number of hydrogen-bond donors (Lipinski definition) is 2. The van der Waals surface area contributed by atoms with Crippen LogP contribution in [0.4, 0.5) is 4.79 Å². The number of amides is 1. The van der Waals surface area contributed by atoms with Crippen LogP contribution < -0.4 is 10.8 Å². The number of hydrogen-bond acceptors (Lipinski definition) is 7. The lowest BCUT2D eigenvalue weighted by atomic mass is 9.78. The first-order valence-electron chi connectivity index (χ1n) is 14.3. The summed E-state index contributed by atoms with van der Waals surface area (Å²) in [5.74, 6) is 1.56. The Morgan fingerprint density at radius 3 is 2.65 bits per heavy atom. The van der Waals surface area contributed by atoms with Crippen LogP contribution in [0.3, 0.4) is 0 Å². The zero-order chi connectivity index (χ0) is 27.8. The predicted molar refractivity (Wildman–Crippen MR) is 152 cm³/mol. The summed E-state index contributed by atoms with van der Waals surface area (Å²) in [7, 11) is 0.999. The largest absolute Gasteiger partial charge is 0.494 e. The van der Waals surface area contributed by atoms with Gasteiger partial charge in [0, 0.05) is 11.6 Å². The second kappa shape index (κ2) is 9.31. The summed E-state index contributed by atoms with van der Waals surface area (Å²) in [6.07, 6.45) is 5.07. The van der Waals surface area contributed by atoms with Crippen LogP contribution in [0.15, 0.2) is 42.6 Å². The number of methoxy groups -OCH3 is 1. The van der Waals surface area contributed by atoms with Crippen molar-refractivity contribution in [1.82, 2.24) is 20.2 Å². The van der Waals surface area contributed by atoms with E-state index < -0.39 is 6.09 Å². The molecule has 2 unspecified atom stereocenters. The number of piperidine rings is 1. The molecule has 1 saturated carbocycles. The van der Waals surface area contributed by atoms with Crippen LogP contribution in [0.5, 0.6) is 0 Å². The number of benzene rings is 2. The number of epoxide rings is 1. The second-order valence-corrected chi connectivity index (χ2v) is 12.6. The average Bonchev–Trinajstić information content (AvgIpc) is 3.29. The number of nitrogens with zero attached hydrogens (tertiary/aromatic N) is 2. The molecule has 10 heteroatoms. The van der Waals surface area contributed by atoms with Crippen molar-refractivity contribution in [1.29, 1.82) is 0 Å².